The zero-order chi connectivity index (χ0) is 21.8. The first-order valence-corrected chi connectivity index (χ1v) is 8.49. The van der Waals surface area contributed by atoms with Gasteiger partial charge < -0.3 is 10.2 Å². The zero-order valence-electron chi connectivity index (χ0n) is 18.4. The lowest BCUT2D eigenvalue weighted by Gasteiger charge is -2.45. The molecule has 0 atom stereocenters. The Morgan fingerprint density at radius 3 is 1.19 bits per heavy atom. The van der Waals surface area contributed by atoms with Crippen LogP contribution in [0.3, 0.4) is 0 Å². The minimum Gasteiger partial charge on any atom is -0.395 e. The fourth-order valence-electron chi connectivity index (χ4n) is 3.55. The van der Waals surface area contributed by atoms with Gasteiger partial charge in [-0.2, -0.15) is 0 Å². The van der Waals surface area contributed by atoms with Crippen LogP contribution < -0.4 is 0 Å². The van der Waals surface area contributed by atoms with E-state index in [1.54, 1.807) is 0 Å². The van der Waals surface area contributed by atoms with Gasteiger partial charge in [-0.25, -0.2) is 0 Å². The second kappa shape index (κ2) is 8.77. The lowest BCUT2D eigenvalue weighted by molar-refractivity contribution is 0.0964. The minimum atomic E-state index is -2.62. The van der Waals surface area contributed by atoms with Crippen molar-refractivity contribution in [2.24, 2.45) is 0 Å². The number of aliphatic hydroxyl groups is 2. The quantitative estimate of drug-likeness (QED) is 0.612. The Morgan fingerprint density at radius 1 is 0.615 bits per heavy atom. The van der Waals surface area contributed by atoms with Gasteiger partial charge in [0, 0.05) is 13.1 Å². The molecule has 0 aromatic heterocycles. The summed E-state index contributed by atoms with van der Waals surface area (Å²) in [6.45, 7) is -6.28. The van der Waals surface area contributed by atoms with Crippen molar-refractivity contribution in [3.63, 3.8) is 0 Å². The molecular weight excluding hydrogens is 322 g/mol. The average Bonchev–Trinajstić information content (AvgIpc) is 2.69. The molecule has 3 nitrogen and oxygen atoms in total. The Labute approximate surface area is 160 Å². The van der Waals surface area contributed by atoms with Crippen molar-refractivity contribution >= 4 is 0 Å². The highest BCUT2D eigenvalue weighted by Crippen LogP contribution is 2.42. The number of nitrogens with zero attached hydrogens (tertiary/aromatic N) is 1. The third-order valence-corrected chi connectivity index (χ3v) is 4.57. The summed E-state index contributed by atoms with van der Waals surface area (Å²) in [5, 5.41) is 20.2. The van der Waals surface area contributed by atoms with Crippen molar-refractivity contribution in [2.75, 3.05) is 26.2 Å². The Hall–Kier alpha value is -2.46. The topological polar surface area (TPSA) is 43.7 Å². The van der Waals surface area contributed by atoms with Crippen LogP contribution in [0.25, 0.3) is 0 Å². The van der Waals surface area contributed by atoms with Gasteiger partial charge in [-0.1, -0.05) is 91.0 Å². The van der Waals surface area contributed by atoms with E-state index in [9.17, 15) is 10.2 Å². The SMILES string of the molecule is [2H]C([2H])(O)CN(CC([2H])([2H])O)C(c1ccccc1)(c1ccccc1)c1ccccc1. The molecular formula is C23H25NO2. The van der Waals surface area contributed by atoms with Gasteiger partial charge in [0.05, 0.1) is 24.1 Å². The molecule has 0 amide bonds. The van der Waals surface area contributed by atoms with Crippen LogP contribution in [0.5, 0.6) is 0 Å². The van der Waals surface area contributed by atoms with Gasteiger partial charge in [-0.05, 0) is 16.7 Å². The molecule has 3 aromatic rings. The number of benzene rings is 3. The molecule has 0 aliphatic heterocycles. The van der Waals surface area contributed by atoms with Gasteiger partial charge in [0.1, 0.15) is 0 Å². The molecule has 0 heterocycles. The van der Waals surface area contributed by atoms with Crippen LogP contribution in [0, 0.1) is 0 Å². The molecule has 0 spiro atoms. The molecule has 0 unspecified atom stereocenters. The van der Waals surface area contributed by atoms with Crippen molar-refractivity contribution < 1.29 is 15.7 Å². The van der Waals surface area contributed by atoms with Crippen LogP contribution in [0.1, 0.15) is 22.2 Å². The summed E-state index contributed by atoms with van der Waals surface area (Å²) < 4.78 is 31.3. The maximum atomic E-state index is 10.1. The predicted octanol–water partition coefficient (Wildman–Crippen LogP) is 3.27. The maximum Gasteiger partial charge on any atom is 0.0974 e. The molecule has 0 saturated carbocycles. The first kappa shape index (κ1) is 13.7. The van der Waals surface area contributed by atoms with Gasteiger partial charge in [-0.3, -0.25) is 4.90 Å². The summed E-state index contributed by atoms with van der Waals surface area (Å²) in [5.74, 6) is 0. The summed E-state index contributed by atoms with van der Waals surface area (Å²) >= 11 is 0. The van der Waals surface area contributed by atoms with Crippen LogP contribution in [0.4, 0.5) is 0 Å². The largest absolute Gasteiger partial charge is 0.395 e. The molecule has 0 radical (unpaired) electrons. The normalized spacial score (nSPS) is 15.0. The highest BCUT2D eigenvalue weighted by molar-refractivity contribution is 5.49. The fraction of sp³-hybridized carbons (Fsp3) is 0.217. The van der Waals surface area contributed by atoms with Gasteiger partial charge in [0.2, 0.25) is 0 Å². The van der Waals surface area contributed by atoms with Crippen LogP contribution in [0.2, 0.25) is 0 Å². The van der Waals surface area contributed by atoms with E-state index in [4.69, 9.17) is 5.48 Å². The summed E-state index contributed by atoms with van der Waals surface area (Å²) in [4.78, 5) is 1.47. The van der Waals surface area contributed by atoms with E-state index in [0.29, 0.717) is 0 Å². The van der Waals surface area contributed by atoms with E-state index in [1.165, 1.54) is 4.90 Å². The minimum absolute atomic E-state index is 0.522. The van der Waals surface area contributed by atoms with Crippen LogP contribution in [-0.4, -0.2) is 41.3 Å². The molecule has 0 aliphatic rings. The predicted molar refractivity (Wildman–Crippen MR) is 105 cm³/mol. The molecule has 0 fully saturated rings. The third-order valence-electron chi connectivity index (χ3n) is 4.57. The van der Waals surface area contributed by atoms with Crippen molar-refractivity contribution in [2.45, 2.75) is 5.54 Å². The highest BCUT2D eigenvalue weighted by atomic mass is 16.3. The average molecular weight is 351 g/mol. The van der Waals surface area contributed by atoms with Crippen LogP contribution in [-0.2, 0) is 5.54 Å². The van der Waals surface area contributed by atoms with E-state index in [0.717, 1.165) is 16.7 Å². The third kappa shape index (κ3) is 3.42. The van der Waals surface area contributed by atoms with E-state index in [1.807, 2.05) is 91.0 Å². The van der Waals surface area contributed by atoms with Gasteiger partial charge in [0.15, 0.2) is 0 Å². The highest BCUT2D eigenvalue weighted by Gasteiger charge is 2.41. The number of hydrogen-bond donors (Lipinski definition) is 2. The Bertz CT molecular complexity index is 814. The molecule has 0 aliphatic carbocycles. The fourth-order valence-corrected chi connectivity index (χ4v) is 3.55. The summed E-state index contributed by atoms with van der Waals surface area (Å²) in [7, 11) is 0. The molecule has 3 aromatic carbocycles. The van der Waals surface area contributed by atoms with Crippen LogP contribution >= 0.6 is 0 Å². The zero-order valence-corrected chi connectivity index (χ0v) is 14.4. The van der Waals surface area contributed by atoms with Gasteiger partial charge in [0.25, 0.3) is 0 Å². The number of rotatable bonds is 8. The van der Waals surface area contributed by atoms with Crippen molar-refractivity contribution in [3.8, 4) is 0 Å². The van der Waals surface area contributed by atoms with E-state index in [2.05, 4.69) is 0 Å². The van der Waals surface area contributed by atoms with E-state index in [-0.39, 0.29) is 0 Å². The molecule has 26 heavy (non-hydrogen) atoms. The Kier molecular flexibility index (Phi) is 4.62. The van der Waals surface area contributed by atoms with Crippen molar-refractivity contribution in [3.05, 3.63) is 108 Å². The van der Waals surface area contributed by atoms with Gasteiger partial charge >= 0.3 is 0 Å². The monoisotopic (exact) mass is 351 g/mol. The summed E-state index contributed by atoms with van der Waals surface area (Å²) in [6.07, 6.45) is 0. The van der Waals surface area contributed by atoms with E-state index >= 15 is 0 Å². The molecule has 3 rings (SSSR count). The second-order valence-electron chi connectivity index (χ2n) is 5.98. The molecule has 134 valence electrons. The Balaban J connectivity index is 2.39. The number of hydrogen-bond acceptors (Lipinski definition) is 3. The van der Waals surface area contributed by atoms with Crippen molar-refractivity contribution in [1.82, 2.24) is 4.90 Å². The summed E-state index contributed by atoms with van der Waals surface area (Å²) in [6, 6.07) is 28.0. The molecule has 0 saturated heterocycles. The second-order valence-corrected chi connectivity index (χ2v) is 5.98. The smallest absolute Gasteiger partial charge is 0.0974 e. The standard InChI is InChI=1S/C23H25NO2/c25-18-16-24(17-19-26)23(20-10-4-1-5-11-20,21-12-6-2-7-13-21)22-14-8-3-9-15-22/h1-15,25-26H,16-19H2/i18D2,19D2. The molecule has 2 N–H and O–H groups in total. The summed E-state index contributed by atoms with van der Waals surface area (Å²) in [5.41, 5.74) is 1.12. The van der Waals surface area contributed by atoms with Gasteiger partial charge in [-0.15, -0.1) is 0 Å². The lowest BCUT2D eigenvalue weighted by Crippen LogP contribution is -2.50. The first-order chi connectivity index (χ1) is 14.1. The molecule has 3 heteroatoms. The maximum absolute atomic E-state index is 10.1. The van der Waals surface area contributed by atoms with E-state index < -0.39 is 31.7 Å². The lowest BCUT2D eigenvalue weighted by atomic mass is 9.75. The van der Waals surface area contributed by atoms with Crippen molar-refractivity contribution in [1.29, 1.82) is 0 Å². The first-order valence-electron chi connectivity index (χ1n) is 10.5. The van der Waals surface area contributed by atoms with Crippen LogP contribution in [0.15, 0.2) is 91.0 Å². The Morgan fingerprint density at radius 2 is 0.923 bits per heavy atom. The molecule has 0 bridgehead atoms.